The van der Waals surface area contributed by atoms with Crippen molar-refractivity contribution in [3.8, 4) is 0 Å². The smallest absolute Gasteiger partial charge is 0.311 e. The number of hydrogen-bond acceptors (Lipinski definition) is 15. The van der Waals surface area contributed by atoms with Gasteiger partial charge < -0.3 is 52.6 Å². The number of cyclic esters (lactones) is 1. The molecule has 4 saturated heterocycles. The third-order valence-corrected chi connectivity index (χ3v) is 12.4. The number of carbonyl (C=O) groups excluding carboxylic acids is 4. The fraction of sp³-hybridized carbons (Fsp3) is 0.902. The summed E-state index contributed by atoms with van der Waals surface area (Å²) in [7, 11) is 5.32. The van der Waals surface area contributed by atoms with Crippen LogP contribution in [0, 0.1) is 29.6 Å². The van der Waals surface area contributed by atoms with E-state index in [1.165, 1.54) is 7.11 Å². The van der Waals surface area contributed by atoms with E-state index in [1.54, 1.807) is 48.5 Å². The predicted molar refractivity (Wildman–Crippen MR) is 202 cm³/mol. The molecule has 15 heteroatoms. The molecule has 1 unspecified atom stereocenters. The molecule has 0 aliphatic carbocycles. The van der Waals surface area contributed by atoms with Crippen LogP contribution < -0.4 is 0 Å². The van der Waals surface area contributed by atoms with E-state index in [4.69, 9.17) is 42.6 Å². The SMILES string of the molecule is CCC(=O)O[C@H]1[C@H](C)O[C@@H](O[C@H]2[C@H](C)C(O[C@@H]3O[C@H](C)C[C@H](N(C)C)[C@H]3O)[C@@H](C)C[C@@]3(CO3)C(=O)[C@H](C)[C@@H](OC(=O)CC)[C@@H](C)[C@@H](C)OC(=O)[C@@H]2C)C[C@@H]1OC. The number of aliphatic hydroxyl groups excluding tert-OH is 1. The highest BCUT2D eigenvalue weighted by atomic mass is 16.7. The van der Waals surface area contributed by atoms with Crippen molar-refractivity contribution in [3.05, 3.63) is 0 Å². The van der Waals surface area contributed by atoms with Gasteiger partial charge in [-0.25, -0.2) is 0 Å². The summed E-state index contributed by atoms with van der Waals surface area (Å²) in [5.41, 5.74) is -1.16. The lowest BCUT2D eigenvalue weighted by atomic mass is 9.76. The van der Waals surface area contributed by atoms with Gasteiger partial charge in [-0.15, -0.1) is 0 Å². The largest absolute Gasteiger partial charge is 0.462 e. The molecule has 56 heavy (non-hydrogen) atoms. The molecule has 0 saturated carbocycles. The van der Waals surface area contributed by atoms with E-state index in [1.807, 2.05) is 39.8 Å². The van der Waals surface area contributed by atoms with Crippen molar-refractivity contribution in [1.29, 1.82) is 0 Å². The van der Waals surface area contributed by atoms with E-state index in [0.717, 1.165) is 0 Å². The van der Waals surface area contributed by atoms with E-state index in [0.29, 0.717) is 6.42 Å². The van der Waals surface area contributed by atoms with Crippen LogP contribution in [0.25, 0.3) is 0 Å². The molecular formula is C41H69NO14. The average Bonchev–Trinajstić information content (AvgIpc) is 3.94. The summed E-state index contributed by atoms with van der Waals surface area (Å²) in [4.78, 5) is 55.5. The van der Waals surface area contributed by atoms with Gasteiger partial charge in [0.15, 0.2) is 30.1 Å². The molecular weight excluding hydrogens is 730 g/mol. The Bertz CT molecular complexity index is 1340. The second-order valence-electron chi connectivity index (χ2n) is 16.9. The number of ether oxygens (including phenoxy) is 9. The van der Waals surface area contributed by atoms with Crippen LogP contribution >= 0.6 is 0 Å². The monoisotopic (exact) mass is 799 g/mol. The maximum atomic E-state index is 14.4. The van der Waals surface area contributed by atoms with E-state index in [2.05, 4.69) is 0 Å². The van der Waals surface area contributed by atoms with E-state index < -0.39 is 109 Å². The summed E-state index contributed by atoms with van der Waals surface area (Å²) in [5.74, 6) is -4.81. The lowest BCUT2D eigenvalue weighted by Gasteiger charge is -2.46. The third kappa shape index (κ3) is 10.7. The molecule has 18 atom stereocenters. The molecule has 0 bridgehead atoms. The standard InChI is InChI=1S/C41H69NO14/c1-14-30(43)53-35-22(5)26(9)52-39(47)25(8)36(55-32-17-29(48-13)37(27(10)51-32)54-31(44)15-2)23(6)34(20(3)18-41(19-49-41)38(46)24(35)7)56-40-33(45)28(42(11)12)16-21(4)50-40/h20-29,32-37,40,45H,14-19H2,1-13H3/t20-,21+,22-,23+,24+,25+,26+,27-,28-,29-,32-,33+,34?,35-,36-,37-,40-,41+/m0/s1. The number of methoxy groups -OCH3 is 1. The minimum Gasteiger partial charge on any atom is -0.462 e. The highest BCUT2D eigenvalue weighted by Gasteiger charge is 2.58. The van der Waals surface area contributed by atoms with Crippen LogP contribution in [0.5, 0.6) is 0 Å². The molecule has 0 aromatic rings. The highest BCUT2D eigenvalue weighted by Crippen LogP contribution is 2.44. The van der Waals surface area contributed by atoms with Gasteiger partial charge in [-0.2, -0.15) is 0 Å². The summed E-state index contributed by atoms with van der Waals surface area (Å²) in [6, 6.07) is -0.251. The van der Waals surface area contributed by atoms with Crippen molar-refractivity contribution in [2.45, 2.75) is 181 Å². The number of hydrogen-bond donors (Lipinski definition) is 1. The molecule has 1 spiro atoms. The number of aliphatic hydroxyl groups is 1. The Labute approximate surface area is 333 Å². The zero-order valence-electron chi connectivity index (χ0n) is 35.8. The van der Waals surface area contributed by atoms with Crippen LogP contribution in [0.2, 0.25) is 0 Å². The third-order valence-electron chi connectivity index (χ3n) is 12.4. The number of carbonyl (C=O) groups is 4. The van der Waals surface area contributed by atoms with Gasteiger partial charge in [0.2, 0.25) is 0 Å². The van der Waals surface area contributed by atoms with Crippen molar-refractivity contribution < 1.29 is 66.9 Å². The average molecular weight is 800 g/mol. The maximum Gasteiger partial charge on any atom is 0.311 e. The minimum absolute atomic E-state index is 0.111. The first-order chi connectivity index (χ1) is 26.3. The number of esters is 3. The van der Waals surface area contributed by atoms with Gasteiger partial charge in [0.25, 0.3) is 0 Å². The van der Waals surface area contributed by atoms with Crippen molar-refractivity contribution in [3.63, 3.8) is 0 Å². The molecule has 0 radical (unpaired) electrons. The van der Waals surface area contributed by atoms with Gasteiger partial charge in [0.05, 0.1) is 42.9 Å². The summed E-state index contributed by atoms with van der Waals surface area (Å²) < 4.78 is 55.7. The summed E-state index contributed by atoms with van der Waals surface area (Å²) in [6.07, 6.45) is -6.94. The molecule has 4 fully saturated rings. The Morgan fingerprint density at radius 2 is 1.41 bits per heavy atom. The lowest BCUT2D eigenvalue weighted by Crippen LogP contribution is -2.57. The van der Waals surface area contributed by atoms with Crippen LogP contribution in [0.15, 0.2) is 0 Å². The topological polar surface area (TPSA) is 178 Å². The first-order valence-corrected chi connectivity index (χ1v) is 20.6. The van der Waals surface area contributed by atoms with Crippen molar-refractivity contribution in [2.24, 2.45) is 29.6 Å². The molecule has 1 N–H and O–H groups in total. The molecule has 4 heterocycles. The van der Waals surface area contributed by atoms with Gasteiger partial charge >= 0.3 is 17.9 Å². The second-order valence-corrected chi connectivity index (χ2v) is 16.9. The minimum atomic E-state index is -1.16. The Kier molecular flexibility index (Phi) is 16.3. The number of rotatable bonds is 10. The molecule has 0 aromatic carbocycles. The van der Waals surface area contributed by atoms with Crippen LogP contribution in [0.4, 0.5) is 0 Å². The highest BCUT2D eigenvalue weighted by molar-refractivity contribution is 5.92. The summed E-state index contributed by atoms with van der Waals surface area (Å²) in [5, 5.41) is 11.6. The fourth-order valence-corrected chi connectivity index (χ4v) is 8.72. The van der Waals surface area contributed by atoms with Gasteiger partial charge in [-0.1, -0.05) is 41.5 Å². The molecule has 4 rings (SSSR count). The molecule has 4 aliphatic heterocycles. The zero-order chi connectivity index (χ0) is 41.8. The predicted octanol–water partition coefficient (Wildman–Crippen LogP) is 3.83. The molecule has 0 amide bonds. The zero-order valence-corrected chi connectivity index (χ0v) is 35.8. The number of ketones is 1. The summed E-state index contributed by atoms with van der Waals surface area (Å²) in [6.45, 7) is 18.1. The van der Waals surface area contributed by atoms with Gasteiger partial charge in [-0.3, -0.25) is 19.2 Å². The maximum absolute atomic E-state index is 14.4. The molecule has 4 aliphatic rings. The Balaban J connectivity index is 1.77. The second kappa shape index (κ2) is 19.7. The molecule has 0 aromatic heterocycles. The lowest BCUT2D eigenvalue weighted by molar-refractivity contribution is -0.299. The van der Waals surface area contributed by atoms with E-state index in [-0.39, 0.29) is 56.2 Å². The quantitative estimate of drug-likeness (QED) is 0.191. The van der Waals surface area contributed by atoms with E-state index in [9.17, 15) is 24.3 Å². The van der Waals surface area contributed by atoms with Crippen molar-refractivity contribution in [1.82, 2.24) is 4.90 Å². The first kappa shape index (κ1) is 46.4. The molecule has 322 valence electrons. The molecule has 15 nitrogen and oxygen atoms in total. The number of nitrogens with zero attached hydrogens (tertiary/aromatic N) is 1. The Morgan fingerprint density at radius 3 is 1.96 bits per heavy atom. The van der Waals surface area contributed by atoms with Crippen LogP contribution in [0.1, 0.15) is 101 Å². The number of likely N-dealkylation sites (N-methyl/N-ethyl adjacent to an activating group) is 1. The first-order valence-electron chi connectivity index (χ1n) is 20.6. The fourth-order valence-electron chi connectivity index (χ4n) is 8.72. The van der Waals surface area contributed by atoms with Crippen LogP contribution in [-0.4, -0.2) is 141 Å². The number of epoxide rings is 1. The van der Waals surface area contributed by atoms with Crippen LogP contribution in [-0.2, 0) is 61.8 Å². The van der Waals surface area contributed by atoms with Crippen LogP contribution in [0.3, 0.4) is 0 Å². The van der Waals surface area contributed by atoms with Crippen molar-refractivity contribution in [2.75, 3.05) is 27.8 Å². The summed E-state index contributed by atoms with van der Waals surface area (Å²) >= 11 is 0. The van der Waals surface area contributed by atoms with Gasteiger partial charge in [0.1, 0.15) is 24.4 Å². The Hall–Kier alpha value is -2.24. The van der Waals surface area contributed by atoms with Gasteiger partial charge in [-0.05, 0) is 60.5 Å². The van der Waals surface area contributed by atoms with E-state index >= 15 is 0 Å². The number of Topliss-reactive ketones (excluding diaryl/α,β-unsaturated/α-hetero) is 1. The van der Waals surface area contributed by atoms with Crippen molar-refractivity contribution >= 4 is 23.7 Å². The normalized spacial score (nSPS) is 44.2. The van der Waals surface area contributed by atoms with Gasteiger partial charge in [0, 0.05) is 44.2 Å². The Morgan fingerprint density at radius 1 is 0.804 bits per heavy atom.